The van der Waals surface area contributed by atoms with Gasteiger partial charge < -0.3 is 19.7 Å². The van der Waals surface area contributed by atoms with Crippen molar-refractivity contribution in [3.05, 3.63) is 53.1 Å². The molecule has 0 radical (unpaired) electrons. The molecular weight excluding hydrogens is 380 g/mol. The maximum absolute atomic E-state index is 6.07. The van der Waals surface area contributed by atoms with Crippen LogP contribution in [-0.2, 0) is 6.54 Å². The summed E-state index contributed by atoms with van der Waals surface area (Å²) in [6, 6.07) is 14.0. The van der Waals surface area contributed by atoms with Gasteiger partial charge in [0.2, 0.25) is 0 Å². The van der Waals surface area contributed by atoms with Gasteiger partial charge in [-0.2, -0.15) is 0 Å². The van der Waals surface area contributed by atoms with E-state index in [4.69, 9.17) is 33.3 Å². The van der Waals surface area contributed by atoms with Gasteiger partial charge in [0.1, 0.15) is 11.5 Å². The Hall–Kier alpha value is -1.98. The monoisotopic (exact) mass is 404 g/mol. The number of halogens is 1. The Balaban J connectivity index is 1.83. The van der Waals surface area contributed by atoms with E-state index >= 15 is 0 Å². The lowest BCUT2D eigenvalue weighted by Crippen LogP contribution is -2.41. The molecule has 144 valence electrons. The second kappa shape index (κ2) is 9.29. The van der Waals surface area contributed by atoms with Crippen LogP contribution in [0.5, 0.6) is 11.5 Å². The number of anilines is 1. The number of hydrogen-bond donors (Lipinski definition) is 1. The van der Waals surface area contributed by atoms with E-state index in [1.54, 1.807) is 20.3 Å². The molecule has 0 atom stereocenters. The molecule has 1 aliphatic rings. The van der Waals surface area contributed by atoms with E-state index in [0.29, 0.717) is 28.5 Å². The van der Waals surface area contributed by atoms with Crippen molar-refractivity contribution in [1.82, 2.24) is 4.90 Å². The highest BCUT2D eigenvalue weighted by molar-refractivity contribution is 7.80. The summed E-state index contributed by atoms with van der Waals surface area (Å²) in [7, 11) is 3.33. The lowest BCUT2D eigenvalue weighted by molar-refractivity contribution is 0.305. The molecule has 0 heterocycles. The number of nitrogens with zero attached hydrogens (tertiary/aromatic N) is 1. The largest absolute Gasteiger partial charge is 0.496 e. The van der Waals surface area contributed by atoms with Crippen LogP contribution in [0.25, 0.3) is 0 Å². The van der Waals surface area contributed by atoms with Crippen molar-refractivity contribution in [2.24, 2.45) is 0 Å². The molecule has 0 spiro atoms. The van der Waals surface area contributed by atoms with E-state index in [-0.39, 0.29) is 0 Å². The SMILES string of the molecule is COc1ccccc1CN(C(=S)Nc1ccc(Cl)cc1OC)C1CCCC1. The molecule has 1 N–H and O–H groups in total. The fourth-order valence-corrected chi connectivity index (χ4v) is 4.04. The van der Waals surface area contributed by atoms with Crippen molar-refractivity contribution in [3.63, 3.8) is 0 Å². The van der Waals surface area contributed by atoms with Crippen LogP contribution in [0.15, 0.2) is 42.5 Å². The minimum atomic E-state index is 0.424. The number of thiocarbonyl (C=S) groups is 1. The number of methoxy groups -OCH3 is 2. The third-order valence-corrected chi connectivity index (χ3v) is 5.54. The minimum Gasteiger partial charge on any atom is -0.496 e. The molecule has 0 aromatic heterocycles. The van der Waals surface area contributed by atoms with Gasteiger partial charge in [0.25, 0.3) is 0 Å². The van der Waals surface area contributed by atoms with E-state index in [0.717, 1.165) is 29.8 Å². The van der Waals surface area contributed by atoms with Crippen LogP contribution in [0.3, 0.4) is 0 Å². The molecule has 27 heavy (non-hydrogen) atoms. The number of hydrogen-bond acceptors (Lipinski definition) is 3. The Morgan fingerprint density at radius 2 is 1.81 bits per heavy atom. The lowest BCUT2D eigenvalue weighted by atomic mass is 10.1. The number of rotatable bonds is 6. The Morgan fingerprint density at radius 1 is 1.11 bits per heavy atom. The second-order valence-electron chi connectivity index (χ2n) is 6.65. The number of benzene rings is 2. The molecule has 4 nitrogen and oxygen atoms in total. The summed E-state index contributed by atoms with van der Waals surface area (Å²) in [5, 5.41) is 4.67. The molecule has 0 amide bonds. The van der Waals surface area contributed by atoms with Crippen molar-refractivity contribution < 1.29 is 9.47 Å². The van der Waals surface area contributed by atoms with E-state index in [9.17, 15) is 0 Å². The Morgan fingerprint density at radius 3 is 2.52 bits per heavy atom. The first kappa shape index (κ1) is 19.8. The van der Waals surface area contributed by atoms with Crippen LogP contribution in [0.1, 0.15) is 31.2 Å². The lowest BCUT2D eigenvalue weighted by Gasteiger charge is -2.32. The highest BCUT2D eigenvalue weighted by Gasteiger charge is 2.26. The minimum absolute atomic E-state index is 0.424. The predicted molar refractivity (Wildman–Crippen MR) is 115 cm³/mol. The van der Waals surface area contributed by atoms with Crippen molar-refractivity contribution in [1.29, 1.82) is 0 Å². The number of ether oxygens (including phenoxy) is 2. The quantitative estimate of drug-likeness (QED) is 0.643. The molecule has 6 heteroatoms. The predicted octanol–water partition coefficient (Wildman–Crippen LogP) is 5.50. The van der Waals surface area contributed by atoms with Crippen LogP contribution in [0, 0.1) is 0 Å². The van der Waals surface area contributed by atoms with Crippen molar-refractivity contribution in [2.45, 2.75) is 38.3 Å². The van der Waals surface area contributed by atoms with Gasteiger partial charge in [-0.25, -0.2) is 0 Å². The highest BCUT2D eigenvalue weighted by Crippen LogP contribution is 2.31. The maximum atomic E-state index is 6.07. The summed E-state index contributed by atoms with van der Waals surface area (Å²) in [6.07, 6.45) is 4.77. The highest BCUT2D eigenvalue weighted by atomic mass is 35.5. The molecule has 0 aliphatic heterocycles. The normalized spacial score (nSPS) is 14.0. The summed E-state index contributed by atoms with van der Waals surface area (Å²) in [4.78, 5) is 2.27. The summed E-state index contributed by atoms with van der Waals surface area (Å²) >= 11 is 11.9. The molecule has 1 saturated carbocycles. The van der Waals surface area contributed by atoms with Gasteiger partial charge in [0.05, 0.1) is 19.9 Å². The van der Waals surface area contributed by atoms with Crippen molar-refractivity contribution >= 4 is 34.6 Å². The van der Waals surface area contributed by atoms with Gasteiger partial charge in [0, 0.05) is 29.2 Å². The summed E-state index contributed by atoms with van der Waals surface area (Å²) < 4.78 is 11.0. The van der Waals surface area contributed by atoms with Gasteiger partial charge in [-0.1, -0.05) is 42.6 Å². The van der Waals surface area contributed by atoms with Crippen LogP contribution in [-0.4, -0.2) is 30.3 Å². The summed E-state index contributed by atoms with van der Waals surface area (Å²) in [5.41, 5.74) is 1.94. The zero-order valence-electron chi connectivity index (χ0n) is 15.7. The van der Waals surface area contributed by atoms with Gasteiger partial charge in [-0.05, 0) is 43.3 Å². The molecule has 2 aromatic rings. The fraction of sp³-hybridized carbons (Fsp3) is 0.381. The zero-order chi connectivity index (χ0) is 19.2. The number of para-hydroxylation sites is 1. The topological polar surface area (TPSA) is 33.7 Å². The van der Waals surface area contributed by atoms with Gasteiger partial charge in [-0.3, -0.25) is 0 Å². The fourth-order valence-electron chi connectivity index (χ4n) is 3.56. The molecule has 1 fully saturated rings. The van der Waals surface area contributed by atoms with Crippen molar-refractivity contribution in [3.8, 4) is 11.5 Å². The first-order valence-electron chi connectivity index (χ1n) is 9.15. The van der Waals surface area contributed by atoms with Crippen LogP contribution in [0.2, 0.25) is 5.02 Å². The van der Waals surface area contributed by atoms with Gasteiger partial charge in [0.15, 0.2) is 5.11 Å². The molecule has 1 aliphatic carbocycles. The maximum Gasteiger partial charge on any atom is 0.174 e. The molecule has 3 rings (SSSR count). The molecule has 2 aromatic carbocycles. The Bertz CT molecular complexity index is 794. The van der Waals surface area contributed by atoms with Crippen LogP contribution in [0.4, 0.5) is 5.69 Å². The van der Waals surface area contributed by atoms with E-state index in [1.165, 1.54) is 12.8 Å². The molecule has 0 unspecified atom stereocenters. The number of nitrogens with one attached hydrogen (secondary N) is 1. The molecule has 0 bridgehead atoms. The van der Waals surface area contributed by atoms with Crippen LogP contribution >= 0.6 is 23.8 Å². The smallest absolute Gasteiger partial charge is 0.174 e. The first-order valence-corrected chi connectivity index (χ1v) is 9.94. The van der Waals surface area contributed by atoms with Crippen molar-refractivity contribution in [2.75, 3.05) is 19.5 Å². The van der Waals surface area contributed by atoms with E-state index in [1.807, 2.05) is 30.3 Å². The average molecular weight is 405 g/mol. The zero-order valence-corrected chi connectivity index (χ0v) is 17.3. The second-order valence-corrected chi connectivity index (χ2v) is 7.48. The van der Waals surface area contributed by atoms with Gasteiger partial charge >= 0.3 is 0 Å². The van der Waals surface area contributed by atoms with Gasteiger partial charge in [-0.15, -0.1) is 0 Å². The van der Waals surface area contributed by atoms with Crippen LogP contribution < -0.4 is 14.8 Å². The third kappa shape index (κ3) is 4.85. The average Bonchev–Trinajstić information content (AvgIpc) is 3.22. The Labute approximate surface area is 171 Å². The molecular formula is C21H25ClN2O2S. The Kier molecular flexibility index (Phi) is 6.80. The third-order valence-electron chi connectivity index (χ3n) is 4.96. The molecule has 0 saturated heterocycles. The summed E-state index contributed by atoms with van der Waals surface area (Å²) in [5.74, 6) is 1.56. The first-order chi connectivity index (χ1) is 13.1. The van der Waals surface area contributed by atoms with E-state index < -0.39 is 0 Å². The van der Waals surface area contributed by atoms with E-state index in [2.05, 4.69) is 16.3 Å². The summed E-state index contributed by atoms with van der Waals surface area (Å²) in [6.45, 7) is 0.705. The standard InChI is InChI=1S/C21H25ClN2O2S/c1-25-19-10-6-3-7-15(19)14-24(17-8-4-5-9-17)21(27)23-18-12-11-16(22)13-20(18)26-2/h3,6-7,10-13,17H,4-5,8-9,14H2,1-2H3,(H,23,27).